The highest BCUT2D eigenvalue weighted by atomic mass is 79.9. The van der Waals surface area contributed by atoms with Crippen LogP contribution < -0.4 is 5.32 Å². The zero-order chi connectivity index (χ0) is 14.3. The summed E-state index contributed by atoms with van der Waals surface area (Å²) < 4.78 is 0. The second-order valence-corrected chi connectivity index (χ2v) is 5.25. The van der Waals surface area contributed by atoms with E-state index in [1.165, 1.54) is 0 Å². The van der Waals surface area contributed by atoms with Gasteiger partial charge in [-0.15, -0.1) is 0 Å². The number of nitrogens with one attached hydrogen (secondary N) is 1. The summed E-state index contributed by atoms with van der Waals surface area (Å²) in [5.74, 6) is 0.113. The number of benzene rings is 1. The van der Waals surface area contributed by atoms with E-state index in [9.17, 15) is 9.90 Å². The molecule has 1 aromatic carbocycles. The van der Waals surface area contributed by atoms with Crippen molar-refractivity contribution in [1.29, 1.82) is 0 Å². The highest BCUT2D eigenvalue weighted by molar-refractivity contribution is 9.08. The summed E-state index contributed by atoms with van der Waals surface area (Å²) in [6.07, 6.45) is 1.38. The zero-order valence-corrected chi connectivity index (χ0v) is 13.1. The quantitative estimate of drug-likeness (QED) is 0.756. The monoisotopic (exact) mass is 327 g/mol. The van der Waals surface area contributed by atoms with Crippen molar-refractivity contribution in [2.24, 2.45) is 5.92 Å². The molecule has 2 N–H and O–H groups in total. The Morgan fingerprint density at radius 2 is 1.84 bits per heavy atom. The van der Waals surface area contributed by atoms with Crippen LogP contribution in [0.4, 0.5) is 0 Å². The molecular weight excluding hydrogens is 306 g/mol. The topological polar surface area (TPSA) is 49.3 Å². The SMILES string of the molecule is CCC(CC)C(O)CNC(=O)c1ccc(CBr)cc1. The van der Waals surface area contributed by atoms with Crippen LogP contribution in [-0.4, -0.2) is 23.7 Å². The molecule has 0 radical (unpaired) electrons. The third-order valence-corrected chi connectivity index (χ3v) is 4.08. The Kier molecular flexibility index (Phi) is 7.10. The van der Waals surface area contributed by atoms with Crippen molar-refractivity contribution in [2.45, 2.75) is 38.1 Å². The summed E-state index contributed by atoms with van der Waals surface area (Å²) in [5.41, 5.74) is 1.76. The Bertz CT molecular complexity index is 388. The van der Waals surface area contributed by atoms with Crippen molar-refractivity contribution >= 4 is 21.8 Å². The Labute approximate surface area is 123 Å². The molecule has 106 valence electrons. The molecule has 1 unspecified atom stereocenters. The average molecular weight is 328 g/mol. The van der Waals surface area contributed by atoms with Crippen LogP contribution in [0, 0.1) is 5.92 Å². The standard InChI is InChI=1S/C15H22BrNO2/c1-3-12(4-2)14(18)10-17-15(19)13-7-5-11(9-16)6-8-13/h5-8,12,14,18H,3-4,9-10H2,1-2H3,(H,17,19). The predicted octanol–water partition coefficient (Wildman–Crippen LogP) is 3.11. The second kappa shape index (κ2) is 8.33. The molecule has 0 saturated carbocycles. The fourth-order valence-electron chi connectivity index (χ4n) is 2.04. The number of carbonyl (C=O) groups excluding carboxylic acids is 1. The first-order chi connectivity index (χ1) is 9.12. The molecule has 1 rings (SSSR count). The van der Waals surface area contributed by atoms with Gasteiger partial charge in [0, 0.05) is 17.4 Å². The molecule has 4 heteroatoms. The van der Waals surface area contributed by atoms with E-state index in [1.807, 2.05) is 12.1 Å². The van der Waals surface area contributed by atoms with E-state index in [0.29, 0.717) is 12.1 Å². The first-order valence-electron chi connectivity index (χ1n) is 6.73. The van der Waals surface area contributed by atoms with Crippen molar-refractivity contribution in [1.82, 2.24) is 5.32 Å². The third kappa shape index (κ3) is 4.96. The minimum absolute atomic E-state index is 0.133. The van der Waals surface area contributed by atoms with E-state index in [1.54, 1.807) is 12.1 Å². The molecule has 1 amide bonds. The molecule has 1 aromatic rings. The molecule has 0 aliphatic carbocycles. The van der Waals surface area contributed by atoms with Gasteiger partial charge in [0.2, 0.25) is 0 Å². The second-order valence-electron chi connectivity index (χ2n) is 4.68. The van der Waals surface area contributed by atoms with Gasteiger partial charge in [0.1, 0.15) is 0 Å². The highest BCUT2D eigenvalue weighted by Crippen LogP contribution is 2.12. The molecule has 0 bridgehead atoms. The summed E-state index contributed by atoms with van der Waals surface area (Å²) in [6.45, 7) is 4.42. The summed E-state index contributed by atoms with van der Waals surface area (Å²) >= 11 is 3.37. The van der Waals surface area contributed by atoms with Gasteiger partial charge in [0.05, 0.1) is 6.10 Å². The van der Waals surface area contributed by atoms with Crippen LogP contribution in [0.5, 0.6) is 0 Å². The molecule has 3 nitrogen and oxygen atoms in total. The van der Waals surface area contributed by atoms with Gasteiger partial charge in [0.15, 0.2) is 0 Å². The minimum atomic E-state index is -0.472. The van der Waals surface area contributed by atoms with Crippen LogP contribution in [-0.2, 0) is 5.33 Å². The molecular formula is C15H22BrNO2. The van der Waals surface area contributed by atoms with Gasteiger partial charge >= 0.3 is 0 Å². The van der Waals surface area contributed by atoms with E-state index in [4.69, 9.17) is 0 Å². The maximum atomic E-state index is 11.9. The molecule has 1 atom stereocenters. The zero-order valence-electron chi connectivity index (χ0n) is 11.5. The lowest BCUT2D eigenvalue weighted by atomic mass is 9.96. The lowest BCUT2D eigenvalue weighted by Gasteiger charge is -2.20. The van der Waals surface area contributed by atoms with Gasteiger partial charge in [-0.2, -0.15) is 0 Å². The first-order valence-corrected chi connectivity index (χ1v) is 7.85. The van der Waals surface area contributed by atoms with Crippen LogP contribution in [0.15, 0.2) is 24.3 Å². The molecule has 0 aromatic heterocycles. The Hall–Kier alpha value is -0.870. The lowest BCUT2D eigenvalue weighted by molar-refractivity contribution is 0.0816. The first kappa shape index (κ1) is 16.2. The van der Waals surface area contributed by atoms with Crippen molar-refractivity contribution < 1.29 is 9.90 Å². The predicted molar refractivity (Wildman–Crippen MR) is 81.5 cm³/mol. The number of amides is 1. The van der Waals surface area contributed by atoms with Gasteiger partial charge < -0.3 is 10.4 Å². The Morgan fingerprint density at radius 1 is 1.26 bits per heavy atom. The molecule has 0 aliphatic heterocycles. The van der Waals surface area contributed by atoms with E-state index in [-0.39, 0.29) is 11.8 Å². The summed E-state index contributed by atoms with van der Waals surface area (Å²) in [7, 11) is 0. The molecule has 0 saturated heterocycles. The van der Waals surface area contributed by atoms with E-state index in [0.717, 1.165) is 23.7 Å². The number of hydrogen-bond acceptors (Lipinski definition) is 2. The van der Waals surface area contributed by atoms with Crippen LogP contribution in [0.1, 0.15) is 42.6 Å². The number of alkyl halides is 1. The van der Waals surface area contributed by atoms with Crippen molar-refractivity contribution in [2.75, 3.05) is 6.54 Å². The van der Waals surface area contributed by atoms with Crippen LogP contribution in [0.2, 0.25) is 0 Å². The number of aliphatic hydroxyl groups excluding tert-OH is 1. The number of aliphatic hydroxyl groups is 1. The van der Waals surface area contributed by atoms with E-state index >= 15 is 0 Å². The fraction of sp³-hybridized carbons (Fsp3) is 0.533. The summed E-state index contributed by atoms with van der Waals surface area (Å²) in [6, 6.07) is 7.44. The summed E-state index contributed by atoms with van der Waals surface area (Å²) in [4.78, 5) is 11.9. The molecule has 0 spiro atoms. The normalized spacial score (nSPS) is 12.5. The smallest absolute Gasteiger partial charge is 0.251 e. The third-order valence-electron chi connectivity index (χ3n) is 3.44. The minimum Gasteiger partial charge on any atom is -0.391 e. The number of carbonyl (C=O) groups is 1. The van der Waals surface area contributed by atoms with Gasteiger partial charge in [-0.1, -0.05) is 54.8 Å². The average Bonchev–Trinajstić information content (AvgIpc) is 2.46. The van der Waals surface area contributed by atoms with Crippen LogP contribution in [0.3, 0.4) is 0 Å². The molecule has 19 heavy (non-hydrogen) atoms. The van der Waals surface area contributed by atoms with Gasteiger partial charge in [-0.25, -0.2) is 0 Å². The van der Waals surface area contributed by atoms with Gasteiger partial charge in [-0.3, -0.25) is 4.79 Å². The van der Waals surface area contributed by atoms with Crippen molar-refractivity contribution in [3.63, 3.8) is 0 Å². The van der Waals surface area contributed by atoms with E-state index in [2.05, 4.69) is 35.1 Å². The Morgan fingerprint density at radius 3 is 2.32 bits per heavy atom. The molecule has 0 aliphatic rings. The number of rotatable bonds is 7. The fourth-order valence-corrected chi connectivity index (χ4v) is 2.42. The van der Waals surface area contributed by atoms with Crippen LogP contribution >= 0.6 is 15.9 Å². The highest BCUT2D eigenvalue weighted by Gasteiger charge is 2.16. The largest absolute Gasteiger partial charge is 0.391 e. The maximum absolute atomic E-state index is 11.9. The van der Waals surface area contributed by atoms with Gasteiger partial charge in [0.25, 0.3) is 5.91 Å². The lowest BCUT2D eigenvalue weighted by Crippen LogP contribution is -2.36. The van der Waals surface area contributed by atoms with Crippen molar-refractivity contribution in [3.8, 4) is 0 Å². The molecule has 0 fully saturated rings. The maximum Gasteiger partial charge on any atom is 0.251 e. The van der Waals surface area contributed by atoms with Crippen LogP contribution in [0.25, 0.3) is 0 Å². The van der Waals surface area contributed by atoms with E-state index < -0.39 is 6.10 Å². The summed E-state index contributed by atoms with van der Waals surface area (Å²) in [5, 5.41) is 13.5. The molecule has 0 heterocycles. The number of hydrogen-bond donors (Lipinski definition) is 2. The van der Waals surface area contributed by atoms with Gasteiger partial charge in [-0.05, 0) is 23.6 Å². The van der Waals surface area contributed by atoms with Crippen molar-refractivity contribution in [3.05, 3.63) is 35.4 Å². The Balaban J connectivity index is 2.50. The number of halogens is 1.